The fraction of sp³-hybridized carbons (Fsp3) is 0.549. The third-order valence-electron chi connectivity index (χ3n) is 12.2. The molecule has 0 aromatic heterocycles. The summed E-state index contributed by atoms with van der Waals surface area (Å²) < 4.78 is 0. The zero-order valence-corrected chi connectivity index (χ0v) is 45.8. The molecule has 0 saturated heterocycles. The van der Waals surface area contributed by atoms with Crippen LogP contribution in [0.5, 0.6) is 0 Å². The fourth-order valence-corrected chi connectivity index (χ4v) is 7.87. The Morgan fingerprint density at radius 1 is 0.538 bits per heavy atom. The van der Waals surface area contributed by atoms with Gasteiger partial charge in [-0.15, -0.1) is 0 Å². The third kappa shape index (κ3) is 24.6. The van der Waals surface area contributed by atoms with Crippen molar-refractivity contribution in [3.05, 3.63) is 71.8 Å². The molecule has 0 saturated carbocycles. The van der Waals surface area contributed by atoms with E-state index < -0.39 is 120 Å². The number of carboxylic acids is 1. The van der Waals surface area contributed by atoms with E-state index in [1.807, 2.05) is 13.8 Å². The zero-order chi connectivity index (χ0) is 58.5. The molecule has 78 heavy (non-hydrogen) atoms. The van der Waals surface area contributed by atoms with Crippen LogP contribution in [-0.4, -0.2) is 155 Å². The summed E-state index contributed by atoms with van der Waals surface area (Å²) >= 11 is 4.30. The number of aliphatic imine (C=N–C) groups is 2. The highest BCUT2D eigenvalue weighted by Crippen LogP contribution is 2.13. The average molecular weight is 1110 g/mol. The second kappa shape index (κ2) is 35.0. The Labute approximate surface area is 460 Å². The lowest BCUT2D eigenvalue weighted by molar-refractivity contribution is -0.142. The Balaban J connectivity index is 2.28. The molecule has 0 fully saturated rings. The Morgan fingerprint density at radius 3 is 1.42 bits per heavy atom. The van der Waals surface area contributed by atoms with Gasteiger partial charge in [0, 0.05) is 31.7 Å². The standard InChI is InChI=1S/C51H81N15O11S/c1-6-29(4)40(66-47(74)39(27-78)65-43(70)35(23-28(2)3)62-42(69)33(52)19-13-21-57-50(53)54)48(75)63-37(25-32-17-11-8-12-18-32)45(72)64-38(26-67)46(73)59-30(5)41(68)61-36(24-31-15-9-7-10-16-31)44(71)60-34(49(76)77)20-14-22-58-51(55)56/h7-12,15-18,28-30,33-40,67,78H,6,13-14,19-27,52H2,1-5H3,(H,59,73)(H,60,71)(H,61,68)(H,62,69)(H,63,75)(H,64,72)(H,65,70)(H,66,74)(H,76,77)(H4,53,54,57)(H4,55,56,58)/t29-,30-,33-,34-,35-,36-,37-,38-,39-,40-/m0/s1. The number of aliphatic hydroxyl groups is 1. The van der Waals surface area contributed by atoms with Crippen molar-refractivity contribution in [3.63, 3.8) is 0 Å². The predicted octanol–water partition coefficient (Wildman–Crippen LogP) is -3.10. The molecule has 0 bridgehead atoms. The number of hydrogen-bond donors (Lipinski definition) is 16. The van der Waals surface area contributed by atoms with Gasteiger partial charge >= 0.3 is 5.97 Å². The van der Waals surface area contributed by atoms with Crippen LogP contribution < -0.4 is 71.2 Å². The number of carboxylic acid groups (broad SMARTS) is 1. The summed E-state index contributed by atoms with van der Waals surface area (Å²) in [4.78, 5) is 130. The van der Waals surface area contributed by atoms with Crippen LogP contribution in [-0.2, 0) is 56.0 Å². The highest BCUT2D eigenvalue weighted by Gasteiger charge is 2.36. The summed E-state index contributed by atoms with van der Waals surface area (Å²) in [6, 6.07) is 5.25. The molecule has 0 heterocycles. The van der Waals surface area contributed by atoms with E-state index >= 15 is 0 Å². The van der Waals surface area contributed by atoms with Crippen molar-refractivity contribution in [2.24, 2.45) is 50.5 Å². The molecule has 20 N–H and O–H groups in total. The van der Waals surface area contributed by atoms with Crippen LogP contribution in [0.2, 0.25) is 0 Å². The van der Waals surface area contributed by atoms with Gasteiger partial charge in [0.1, 0.15) is 48.3 Å². The molecule has 432 valence electrons. The van der Waals surface area contributed by atoms with E-state index in [4.69, 9.17) is 28.7 Å². The molecule has 0 aliphatic carbocycles. The van der Waals surface area contributed by atoms with Gasteiger partial charge in [-0.05, 0) is 62.0 Å². The largest absolute Gasteiger partial charge is 0.480 e. The van der Waals surface area contributed by atoms with Crippen LogP contribution in [0.1, 0.15) is 84.3 Å². The molecule has 0 spiro atoms. The molecular formula is C51H81N15O11S. The minimum absolute atomic E-state index is 0.0416. The van der Waals surface area contributed by atoms with Gasteiger partial charge in [0.25, 0.3) is 0 Å². The minimum atomic E-state index is -1.68. The van der Waals surface area contributed by atoms with Crippen LogP contribution in [0, 0.1) is 11.8 Å². The summed E-state index contributed by atoms with van der Waals surface area (Å²) in [6.45, 7) is 7.81. The quantitative estimate of drug-likeness (QED) is 0.0141. The lowest BCUT2D eigenvalue weighted by Gasteiger charge is -2.29. The third-order valence-corrected chi connectivity index (χ3v) is 12.6. The second-order valence-corrected chi connectivity index (χ2v) is 19.6. The molecule has 0 aliphatic heterocycles. The van der Waals surface area contributed by atoms with Gasteiger partial charge in [-0.25, -0.2) is 4.79 Å². The zero-order valence-electron chi connectivity index (χ0n) is 44.9. The second-order valence-electron chi connectivity index (χ2n) is 19.2. The molecule has 8 amide bonds. The number of benzene rings is 2. The number of thiol groups is 1. The van der Waals surface area contributed by atoms with E-state index in [0.717, 1.165) is 0 Å². The Morgan fingerprint density at radius 2 is 0.962 bits per heavy atom. The number of carbonyl (C=O) groups is 9. The number of hydrogen-bond acceptors (Lipinski definition) is 14. The number of nitrogens with one attached hydrogen (secondary N) is 8. The van der Waals surface area contributed by atoms with Gasteiger partial charge in [0.15, 0.2) is 11.9 Å². The van der Waals surface area contributed by atoms with Crippen LogP contribution in [0.15, 0.2) is 70.6 Å². The first-order valence-electron chi connectivity index (χ1n) is 25.7. The first-order chi connectivity index (χ1) is 36.9. The highest BCUT2D eigenvalue weighted by molar-refractivity contribution is 7.80. The summed E-state index contributed by atoms with van der Waals surface area (Å²) in [5, 5.41) is 40.7. The first-order valence-corrected chi connectivity index (χ1v) is 26.4. The van der Waals surface area contributed by atoms with Gasteiger partial charge in [0.2, 0.25) is 47.3 Å². The maximum atomic E-state index is 14.3. The van der Waals surface area contributed by atoms with Crippen molar-refractivity contribution in [1.29, 1.82) is 0 Å². The SMILES string of the molecule is CC[C@H](C)[C@H](NC(=O)[C@H](CS)NC(=O)[C@H](CC(C)C)NC(=O)[C@@H](N)CCCN=C(N)N)C(=O)N[C@@H](Cc1ccccc1)C(=O)N[C@@H](CO)C(=O)N[C@@H](C)C(=O)N[C@@H](Cc1ccccc1)C(=O)N[C@@H](CCCN=C(N)N)C(=O)O. The van der Waals surface area contributed by atoms with Gasteiger partial charge in [0.05, 0.1) is 12.6 Å². The van der Waals surface area contributed by atoms with Crippen LogP contribution in [0.25, 0.3) is 0 Å². The molecule has 2 rings (SSSR count). The summed E-state index contributed by atoms with van der Waals surface area (Å²) in [5.74, 6) is -9.01. The molecule has 0 aliphatic rings. The van der Waals surface area contributed by atoms with Crippen molar-refractivity contribution < 1.29 is 53.4 Å². The highest BCUT2D eigenvalue weighted by atomic mass is 32.1. The number of guanidine groups is 2. The van der Waals surface area contributed by atoms with Gasteiger partial charge < -0.3 is 81.4 Å². The van der Waals surface area contributed by atoms with Crippen molar-refractivity contribution in [3.8, 4) is 0 Å². The van der Waals surface area contributed by atoms with E-state index in [0.29, 0.717) is 24.0 Å². The van der Waals surface area contributed by atoms with Crippen molar-refractivity contribution in [2.45, 2.75) is 140 Å². The van der Waals surface area contributed by atoms with E-state index in [2.05, 4.69) is 65.1 Å². The molecule has 26 nitrogen and oxygen atoms in total. The average Bonchev–Trinajstić information content (AvgIpc) is 3.39. The molecule has 2 aromatic rings. The van der Waals surface area contributed by atoms with Gasteiger partial charge in [-0.2, -0.15) is 12.6 Å². The van der Waals surface area contributed by atoms with Crippen LogP contribution in [0.4, 0.5) is 0 Å². The monoisotopic (exact) mass is 1110 g/mol. The van der Waals surface area contributed by atoms with Crippen molar-refractivity contribution in [1.82, 2.24) is 42.5 Å². The number of aliphatic carboxylic acids is 1. The topological polar surface area (TPSA) is 445 Å². The summed E-state index contributed by atoms with van der Waals surface area (Å²) in [5.41, 5.74) is 28.7. The van der Waals surface area contributed by atoms with E-state index in [-0.39, 0.29) is 75.2 Å². The number of amides is 8. The van der Waals surface area contributed by atoms with Crippen LogP contribution >= 0.6 is 12.6 Å². The van der Waals surface area contributed by atoms with Crippen molar-refractivity contribution >= 4 is 77.8 Å². The molecular weight excluding hydrogens is 1030 g/mol. The number of rotatable bonds is 35. The normalized spacial score (nSPS) is 14.8. The number of carbonyl (C=O) groups excluding carboxylic acids is 8. The number of aliphatic hydroxyl groups excluding tert-OH is 1. The van der Waals surface area contributed by atoms with Gasteiger partial charge in [-0.1, -0.05) is 94.8 Å². The molecule has 0 unspecified atom stereocenters. The molecule has 10 atom stereocenters. The predicted molar refractivity (Wildman–Crippen MR) is 297 cm³/mol. The maximum Gasteiger partial charge on any atom is 0.326 e. The minimum Gasteiger partial charge on any atom is -0.480 e. The Hall–Kier alpha value is -7.52. The smallest absolute Gasteiger partial charge is 0.326 e. The van der Waals surface area contributed by atoms with Crippen molar-refractivity contribution in [2.75, 3.05) is 25.4 Å². The van der Waals surface area contributed by atoms with E-state index in [9.17, 15) is 53.4 Å². The van der Waals surface area contributed by atoms with Crippen LogP contribution in [0.3, 0.4) is 0 Å². The first kappa shape index (κ1) is 66.6. The van der Waals surface area contributed by atoms with E-state index in [1.165, 1.54) is 6.92 Å². The fourth-order valence-electron chi connectivity index (χ4n) is 7.61. The van der Waals surface area contributed by atoms with E-state index in [1.54, 1.807) is 74.5 Å². The number of nitrogens with two attached hydrogens (primary N) is 5. The Bertz CT molecular complexity index is 2340. The maximum absolute atomic E-state index is 14.3. The Kier molecular flexibility index (Phi) is 29.9. The summed E-state index contributed by atoms with van der Waals surface area (Å²) in [6.07, 6.45) is 1.14. The lowest BCUT2D eigenvalue weighted by Crippen LogP contribution is -2.62. The molecule has 27 heteroatoms. The molecule has 0 radical (unpaired) electrons. The van der Waals surface area contributed by atoms with Gasteiger partial charge in [-0.3, -0.25) is 48.3 Å². The lowest BCUT2D eigenvalue weighted by atomic mass is 9.96. The summed E-state index contributed by atoms with van der Waals surface area (Å²) in [7, 11) is 0. The number of nitrogens with zero attached hydrogens (tertiary/aromatic N) is 2. The molecule has 2 aromatic carbocycles.